The van der Waals surface area contributed by atoms with Gasteiger partial charge in [-0.25, -0.2) is 18.4 Å². The highest BCUT2D eigenvalue weighted by molar-refractivity contribution is 7.91. The van der Waals surface area contributed by atoms with E-state index in [2.05, 4.69) is 9.97 Å². The lowest BCUT2D eigenvalue weighted by Crippen LogP contribution is -2.37. The summed E-state index contributed by atoms with van der Waals surface area (Å²) in [6.07, 6.45) is 4.30. The van der Waals surface area contributed by atoms with Crippen molar-refractivity contribution in [1.29, 1.82) is 0 Å². The number of aromatic nitrogens is 3. The molecule has 4 heterocycles. The molecule has 0 radical (unpaired) electrons. The summed E-state index contributed by atoms with van der Waals surface area (Å²) >= 11 is 8.50. The first-order chi connectivity index (χ1) is 22.8. The lowest BCUT2D eigenvalue weighted by atomic mass is 9.80. The molecule has 2 aromatic carbocycles. The van der Waals surface area contributed by atoms with Crippen molar-refractivity contribution in [3.63, 3.8) is 0 Å². The second-order valence-corrected chi connectivity index (χ2v) is 15.0. The maximum atomic E-state index is 14.0. The molecule has 13 heteroatoms. The normalized spacial score (nSPS) is 17.9. The number of ether oxygens (including phenoxy) is 5. The van der Waals surface area contributed by atoms with Gasteiger partial charge in [-0.3, -0.25) is 0 Å². The first kappa shape index (κ1) is 32.2. The van der Waals surface area contributed by atoms with Crippen LogP contribution in [0.3, 0.4) is 0 Å². The minimum atomic E-state index is -4.07. The van der Waals surface area contributed by atoms with Gasteiger partial charge in [0.1, 0.15) is 41.5 Å². The Labute approximate surface area is 281 Å². The van der Waals surface area contributed by atoms with Gasteiger partial charge in [0.15, 0.2) is 5.03 Å². The van der Waals surface area contributed by atoms with Crippen LogP contribution in [-0.4, -0.2) is 69.8 Å². The summed E-state index contributed by atoms with van der Waals surface area (Å²) in [4.78, 5) is 13.5. The van der Waals surface area contributed by atoms with Gasteiger partial charge in [-0.1, -0.05) is 29.3 Å². The third-order valence-electron chi connectivity index (χ3n) is 8.51. The molecule has 5 aromatic rings. The van der Waals surface area contributed by atoms with E-state index in [1.165, 1.54) is 11.3 Å². The molecule has 2 aliphatic rings. The fourth-order valence-electron chi connectivity index (χ4n) is 5.74. The second-order valence-electron chi connectivity index (χ2n) is 11.7. The van der Waals surface area contributed by atoms with Gasteiger partial charge >= 0.3 is 0 Å². The Balaban J connectivity index is 1.29. The van der Waals surface area contributed by atoms with Crippen LogP contribution in [0.2, 0.25) is 5.02 Å². The Morgan fingerprint density at radius 1 is 1.11 bits per heavy atom. The van der Waals surface area contributed by atoms with Gasteiger partial charge in [-0.2, -0.15) is 0 Å². The number of nitrogens with one attached hydrogen (secondary N) is 1. The predicted octanol–water partition coefficient (Wildman–Crippen LogP) is 6.94. The molecule has 7 rings (SSSR count). The number of aryl methyl sites for hydroxylation is 1. The Bertz CT molecular complexity index is 1980. The summed E-state index contributed by atoms with van der Waals surface area (Å²) in [7, 11) is -2.48. The molecule has 1 saturated carbocycles. The van der Waals surface area contributed by atoms with Crippen LogP contribution in [0.25, 0.3) is 32.7 Å². The number of benzene rings is 2. The zero-order chi connectivity index (χ0) is 32.6. The van der Waals surface area contributed by atoms with Crippen LogP contribution in [0.15, 0.2) is 70.7 Å². The van der Waals surface area contributed by atoms with Crippen molar-refractivity contribution in [2.45, 2.75) is 47.8 Å². The molecule has 3 aromatic heterocycles. The molecule has 2 fully saturated rings. The molecule has 47 heavy (non-hydrogen) atoms. The molecular weight excluding hydrogens is 662 g/mol. The molecule has 1 aliphatic heterocycles. The van der Waals surface area contributed by atoms with E-state index in [1.54, 1.807) is 37.6 Å². The molecule has 10 nitrogen and oxygen atoms in total. The number of hydrogen-bond donors (Lipinski definition) is 1. The minimum absolute atomic E-state index is 0.0388. The quantitative estimate of drug-likeness (QED) is 0.146. The number of aromatic amines is 1. The van der Waals surface area contributed by atoms with Crippen LogP contribution in [0.1, 0.15) is 29.8 Å². The number of fused-ring (bicyclic) bond motifs is 1. The predicted molar refractivity (Wildman–Crippen MR) is 179 cm³/mol. The van der Waals surface area contributed by atoms with Crippen molar-refractivity contribution in [2.75, 3.05) is 40.3 Å². The monoisotopic (exact) mass is 695 g/mol. The summed E-state index contributed by atoms with van der Waals surface area (Å²) in [5.74, 6) is 0.699. The molecule has 0 amide bonds. The molecule has 1 unspecified atom stereocenters. The number of sulfone groups is 1. The number of halogens is 1. The fourth-order valence-corrected chi connectivity index (χ4v) is 8.80. The highest BCUT2D eigenvalue weighted by atomic mass is 35.5. The largest absolute Gasteiger partial charge is 0.491 e. The molecule has 1 saturated heterocycles. The van der Waals surface area contributed by atoms with Gasteiger partial charge in [0, 0.05) is 30.0 Å². The van der Waals surface area contributed by atoms with Crippen LogP contribution in [0, 0.1) is 6.92 Å². The molecule has 0 spiro atoms. The number of pyridine rings is 1. The van der Waals surface area contributed by atoms with Crippen molar-refractivity contribution >= 4 is 43.8 Å². The first-order valence-electron chi connectivity index (χ1n) is 15.3. The molecular formula is C34H34ClN3O7S2. The Morgan fingerprint density at radius 3 is 2.57 bits per heavy atom. The molecule has 1 aliphatic carbocycles. The summed E-state index contributed by atoms with van der Waals surface area (Å²) in [5, 5.41) is 1.30. The van der Waals surface area contributed by atoms with Crippen LogP contribution in [0.5, 0.6) is 5.75 Å². The summed E-state index contributed by atoms with van der Waals surface area (Å²) < 4.78 is 56.3. The number of thiazole rings is 1. The van der Waals surface area contributed by atoms with Crippen molar-refractivity contribution in [2.24, 2.45) is 0 Å². The third-order valence-corrected chi connectivity index (χ3v) is 11.9. The van der Waals surface area contributed by atoms with Gasteiger partial charge in [0.25, 0.3) is 0 Å². The highest BCUT2D eigenvalue weighted by Crippen LogP contribution is 2.49. The number of hydrogen-bond acceptors (Lipinski definition) is 10. The topological polar surface area (TPSA) is 122 Å². The molecule has 1 N–H and O–H groups in total. The van der Waals surface area contributed by atoms with E-state index < -0.39 is 15.4 Å². The average molecular weight is 696 g/mol. The maximum Gasteiger partial charge on any atom is 0.225 e. The van der Waals surface area contributed by atoms with Crippen LogP contribution >= 0.6 is 22.9 Å². The van der Waals surface area contributed by atoms with E-state index in [1.807, 2.05) is 37.3 Å². The number of nitrogens with zero attached hydrogens (tertiary/aromatic N) is 2. The lowest BCUT2D eigenvalue weighted by molar-refractivity contribution is -0.171. The van der Waals surface area contributed by atoms with E-state index in [4.69, 9.17) is 40.3 Å². The van der Waals surface area contributed by atoms with Gasteiger partial charge in [-0.15, -0.1) is 11.3 Å². The fraction of sp³-hybridized carbons (Fsp3) is 0.353. The van der Waals surface area contributed by atoms with Gasteiger partial charge in [0.05, 0.1) is 34.6 Å². The lowest BCUT2D eigenvalue weighted by Gasteiger charge is -2.39. The number of methoxy groups -OCH3 is 1. The SMILES string of the molecule is COCOC1(c2ncc(-c3c(Cl)c(S(=O)(=O)c4ccc(C)cc4)nc4[nH]c(-c5ccc(OCC6COCCO6)cc5)cc34)s2)CCC1. The van der Waals surface area contributed by atoms with E-state index in [0.717, 1.165) is 41.1 Å². The Morgan fingerprint density at radius 2 is 1.89 bits per heavy atom. The van der Waals surface area contributed by atoms with Gasteiger partial charge in [0.2, 0.25) is 9.84 Å². The van der Waals surface area contributed by atoms with Crippen LogP contribution in [-0.2, 0) is 34.4 Å². The first-order valence-corrected chi connectivity index (χ1v) is 18.0. The molecule has 0 bridgehead atoms. The third kappa shape index (κ3) is 6.31. The molecule has 246 valence electrons. The highest BCUT2D eigenvalue weighted by Gasteiger charge is 2.43. The Kier molecular flexibility index (Phi) is 9.09. The van der Waals surface area contributed by atoms with Gasteiger partial charge < -0.3 is 28.7 Å². The smallest absolute Gasteiger partial charge is 0.225 e. The standard InChI is InChI=1S/C34H34ClN3O7S2/c1-21-4-10-25(11-5-21)47(39,40)32-30(35)29(28-17-36-33(46-28)34(12-3-13-34)45-20-41-2)26-16-27(37-31(26)38-32)22-6-8-23(9-7-22)44-19-24-18-42-14-15-43-24/h4-11,16-17,24H,3,12-15,18-20H2,1-2H3,(H,37,38). The number of H-pyrrole nitrogens is 1. The van der Waals surface area contributed by atoms with E-state index in [9.17, 15) is 8.42 Å². The van der Waals surface area contributed by atoms with Crippen molar-refractivity contribution in [3.05, 3.63) is 76.4 Å². The second kappa shape index (κ2) is 13.3. The summed E-state index contributed by atoms with van der Waals surface area (Å²) in [5.41, 5.74) is 2.96. The van der Waals surface area contributed by atoms with E-state index in [-0.39, 0.29) is 27.8 Å². The van der Waals surface area contributed by atoms with Crippen molar-refractivity contribution in [3.8, 4) is 27.4 Å². The number of rotatable bonds is 11. The zero-order valence-corrected chi connectivity index (χ0v) is 28.3. The van der Waals surface area contributed by atoms with Crippen molar-refractivity contribution in [1.82, 2.24) is 15.0 Å². The molecule has 1 atom stereocenters. The summed E-state index contributed by atoms with van der Waals surface area (Å²) in [6.45, 7) is 4.12. The van der Waals surface area contributed by atoms with E-state index >= 15 is 0 Å². The van der Waals surface area contributed by atoms with Crippen LogP contribution in [0.4, 0.5) is 0 Å². The summed E-state index contributed by atoms with van der Waals surface area (Å²) in [6, 6.07) is 16.2. The van der Waals surface area contributed by atoms with Gasteiger partial charge in [-0.05, 0) is 74.2 Å². The van der Waals surface area contributed by atoms with Crippen LogP contribution < -0.4 is 4.74 Å². The minimum Gasteiger partial charge on any atom is -0.491 e. The van der Waals surface area contributed by atoms with Crippen molar-refractivity contribution < 1.29 is 32.1 Å². The van der Waals surface area contributed by atoms with E-state index in [0.29, 0.717) is 53.7 Å². The zero-order valence-electron chi connectivity index (χ0n) is 26.0. The maximum absolute atomic E-state index is 14.0. The average Bonchev–Trinajstić information content (AvgIpc) is 3.72. The Hall–Kier alpha value is -3.36.